The molecule has 0 aliphatic carbocycles. The number of hydrogen-bond acceptors (Lipinski definition) is 6. The number of benzene rings is 1. The second-order valence-electron chi connectivity index (χ2n) is 6.34. The molecule has 1 fully saturated rings. The number of nitro benzene ring substituents is 1. The maximum absolute atomic E-state index is 10.7. The number of morpholine rings is 1. The Balaban J connectivity index is 1.84. The molecule has 23 heavy (non-hydrogen) atoms. The second-order valence-corrected chi connectivity index (χ2v) is 6.34. The molecule has 7 nitrogen and oxygen atoms in total. The Labute approximate surface area is 136 Å². The summed E-state index contributed by atoms with van der Waals surface area (Å²) in [6, 6.07) is 6.49. The summed E-state index contributed by atoms with van der Waals surface area (Å²) in [6.45, 7) is 7.94. The number of nitro groups is 1. The van der Waals surface area contributed by atoms with Crippen LogP contribution in [-0.4, -0.2) is 59.9 Å². The summed E-state index contributed by atoms with van der Waals surface area (Å²) in [6.07, 6.45) is 0. The molecule has 1 aromatic carbocycles. The average molecular weight is 323 g/mol. The highest BCUT2D eigenvalue weighted by Crippen LogP contribution is 2.18. The third-order valence-corrected chi connectivity index (χ3v) is 4.06. The lowest BCUT2D eigenvalue weighted by Gasteiger charge is -2.34. The van der Waals surface area contributed by atoms with Gasteiger partial charge in [0.15, 0.2) is 0 Å². The van der Waals surface area contributed by atoms with E-state index in [9.17, 15) is 15.2 Å². The van der Waals surface area contributed by atoms with Crippen LogP contribution < -0.4 is 5.32 Å². The monoisotopic (exact) mass is 323 g/mol. The topological polar surface area (TPSA) is 87.9 Å². The Bertz CT molecular complexity index is 513. The van der Waals surface area contributed by atoms with Crippen LogP contribution in [0.1, 0.15) is 25.5 Å². The fraction of sp³-hybridized carbons (Fsp3) is 0.625. The maximum Gasteiger partial charge on any atom is 0.269 e. The molecule has 1 aliphatic rings. The van der Waals surface area contributed by atoms with Crippen LogP contribution in [0, 0.1) is 10.1 Å². The Kier molecular flexibility index (Phi) is 6.06. The van der Waals surface area contributed by atoms with Crippen molar-refractivity contribution in [3.05, 3.63) is 39.9 Å². The molecule has 1 aliphatic heterocycles. The van der Waals surface area contributed by atoms with Gasteiger partial charge in [0.25, 0.3) is 5.69 Å². The molecule has 2 rings (SSSR count). The summed E-state index contributed by atoms with van der Waals surface area (Å²) < 4.78 is 5.31. The second kappa shape index (κ2) is 7.83. The van der Waals surface area contributed by atoms with Crippen LogP contribution in [-0.2, 0) is 4.74 Å². The summed E-state index contributed by atoms with van der Waals surface area (Å²) in [5.41, 5.74) is 0.199. The fourth-order valence-corrected chi connectivity index (χ4v) is 2.67. The molecule has 7 heteroatoms. The molecular formula is C16H25N3O4. The summed E-state index contributed by atoms with van der Waals surface area (Å²) in [4.78, 5) is 12.5. The molecule has 0 spiro atoms. The Morgan fingerprint density at radius 1 is 1.39 bits per heavy atom. The van der Waals surface area contributed by atoms with Gasteiger partial charge in [-0.25, -0.2) is 0 Å². The van der Waals surface area contributed by atoms with E-state index in [0.29, 0.717) is 26.3 Å². The number of aliphatic hydroxyl groups is 1. The van der Waals surface area contributed by atoms with Gasteiger partial charge in [-0.1, -0.05) is 12.1 Å². The van der Waals surface area contributed by atoms with E-state index in [1.54, 1.807) is 12.1 Å². The number of β-amino-alcohol motifs (C(OH)–C–C–N with tert-alkyl or cyclic N) is 1. The zero-order valence-corrected chi connectivity index (χ0v) is 13.7. The fourth-order valence-electron chi connectivity index (χ4n) is 2.67. The van der Waals surface area contributed by atoms with Crippen LogP contribution in [0.15, 0.2) is 24.3 Å². The molecule has 128 valence electrons. The van der Waals surface area contributed by atoms with E-state index in [0.717, 1.165) is 18.7 Å². The highest BCUT2D eigenvalue weighted by molar-refractivity contribution is 5.34. The molecule has 2 atom stereocenters. The van der Waals surface area contributed by atoms with Gasteiger partial charge in [0, 0.05) is 44.4 Å². The third kappa shape index (κ3) is 5.54. The van der Waals surface area contributed by atoms with Crippen LogP contribution in [0.5, 0.6) is 0 Å². The lowest BCUT2D eigenvalue weighted by molar-refractivity contribution is -0.384. The average Bonchev–Trinajstić information content (AvgIpc) is 2.53. The summed E-state index contributed by atoms with van der Waals surface area (Å²) in [5, 5.41) is 24.5. The predicted molar refractivity (Wildman–Crippen MR) is 87.4 cm³/mol. The van der Waals surface area contributed by atoms with Crippen LogP contribution in [0.4, 0.5) is 5.69 Å². The molecule has 0 aromatic heterocycles. The van der Waals surface area contributed by atoms with Gasteiger partial charge in [-0.3, -0.25) is 15.0 Å². The van der Waals surface area contributed by atoms with Crippen molar-refractivity contribution in [1.82, 2.24) is 10.2 Å². The van der Waals surface area contributed by atoms with E-state index in [-0.39, 0.29) is 11.7 Å². The van der Waals surface area contributed by atoms with Crippen molar-refractivity contribution < 1.29 is 14.8 Å². The largest absolute Gasteiger partial charge is 0.388 e. The van der Waals surface area contributed by atoms with Gasteiger partial charge in [0.1, 0.15) is 0 Å². The number of nitrogens with zero attached hydrogens (tertiary/aromatic N) is 2. The smallest absolute Gasteiger partial charge is 0.269 e. The van der Waals surface area contributed by atoms with Crippen LogP contribution in [0.3, 0.4) is 0 Å². The van der Waals surface area contributed by atoms with Gasteiger partial charge < -0.3 is 15.2 Å². The molecule has 0 amide bonds. The lowest BCUT2D eigenvalue weighted by atomic mass is 10.0. The van der Waals surface area contributed by atoms with Crippen molar-refractivity contribution in [3.8, 4) is 0 Å². The van der Waals surface area contributed by atoms with E-state index in [2.05, 4.69) is 10.2 Å². The Morgan fingerprint density at radius 3 is 2.57 bits per heavy atom. The first-order valence-electron chi connectivity index (χ1n) is 7.88. The van der Waals surface area contributed by atoms with E-state index < -0.39 is 10.5 Å². The number of nitrogens with one attached hydrogen (secondary N) is 1. The Morgan fingerprint density at radius 2 is 2.00 bits per heavy atom. The minimum Gasteiger partial charge on any atom is -0.388 e. The minimum atomic E-state index is -0.841. The maximum atomic E-state index is 10.7. The Hall–Kier alpha value is -1.54. The summed E-state index contributed by atoms with van der Waals surface area (Å²) >= 11 is 0. The SMILES string of the molecule is CC(NCC(C)(O)CN1CCOCC1)c1ccc([N+](=O)[O-])cc1. The van der Waals surface area contributed by atoms with E-state index in [4.69, 9.17) is 4.74 Å². The third-order valence-electron chi connectivity index (χ3n) is 4.06. The molecule has 0 bridgehead atoms. The first kappa shape index (κ1) is 17.8. The first-order valence-corrected chi connectivity index (χ1v) is 7.88. The van der Waals surface area contributed by atoms with Crippen molar-refractivity contribution in [2.45, 2.75) is 25.5 Å². The number of ether oxygens (including phenoxy) is 1. The molecular weight excluding hydrogens is 298 g/mol. The van der Waals surface area contributed by atoms with Crippen molar-refractivity contribution in [3.63, 3.8) is 0 Å². The lowest BCUT2D eigenvalue weighted by Crippen LogP contribution is -2.50. The molecule has 2 N–H and O–H groups in total. The predicted octanol–water partition coefficient (Wildman–Crippen LogP) is 1.33. The number of non-ortho nitro benzene ring substituents is 1. The van der Waals surface area contributed by atoms with Gasteiger partial charge in [0.05, 0.1) is 23.7 Å². The minimum absolute atomic E-state index is 0.00645. The quantitative estimate of drug-likeness (QED) is 0.581. The van der Waals surface area contributed by atoms with Crippen LogP contribution >= 0.6 is 0 Å². The van der Waals surface area contributed by atoms with Crippen molar-refractivity contribution in [2.75, 3.05) is 39.4 Å². The van der Waals surface area contributed by atoms with E-state index in [1.165, 1.54) is 12.1 Å². The van der Waals surface area contributed by atoms with Crippen LogP contribution in [0.2, 0.25) is 0 Å². The summed E-state index contributed by atoms with van der Waals surface area (Å²) in [7, 11) is 0. The van der Waals surface area contributed by atoms with Gasteiger partial charge in [0.2, 0.25) is 0 Å². The van der Waals surface area contributed by atoms with Crippen LogP contribution in [0.25, 0.3) is 0 Å². The summed E-state index contributed by atoms with van der Waals surface area (Å²) in [5.74, 6) is 0. The highest BCUT2D eigenvalue weighted by atomic mass is 16.6. The van der Waals surface area contributed by atoms with Gasteiger partial charge >= 0.3 is 0 Å². The molecule has 1 heterocycles. The van der Waals surface area contributed by atoms with Gasteiger partial charge in [-0.2, -0.15) is 0 Å². The van der Waals surface area contributed by atoms with Crippen molar-refractivity contribution >= 4 is 5.69 Å². The van der Waals surface area contributed by atoms with Gasteiger partial charge in [-0.05, 0) is 19.4 Å². The van der Waals surface area contributed by atoms with Crippen molar-refractivity contribution in [2.24, 2.45) is 0 Å². The number of hydrogen-bond donors (Lipinski definition) is 2. The highest BCUT2D eigenvalue weighted by Gasteiger charge is 2.25. The van der Waals surface area contributed by atoms with E-state index in [1.807, 2.05) is 13.8 Å². The first-order chi connectivity index (χ1) is 10.9. The molecule has 1 saturated heterocycles. The zero-order valence-electron chi connectivity index (χ0n) is 13.7. The number of rotatable bonds is 7. The normalized spacial score (nSPS) is 20.0. The van der Waals surface area contributed by atoms with E-state index >= 15 is 0 Å². The van der Waals surface area contributed by atoms with Crippen molar-refractivity contribution in [1.29, 1.82) is 0 Å². The molecule has 2 unspecified atom stereocenters. The standard InChI is InChI=1S/C16H25N3O4/c1-13(14-3-5-15(6-4-14)19(21)22)17-11-16(2,20)12-18-7-9-23-10-8-18/h3-6,13,17,20H,7-12H2,1-2H3. The van der Waals surface area contributed by atoms with Gasteiger partial charge in [-0.15, -0.1) is 0 Å². The molecule has 0 radical (unpaired) electrons. The molecule has 0 saturated carbocycles. The molecule has 1 aromatic rings. The zero-order chi connectivity index (χ0) is 16.9.